The zero-order chi connectivity index (χ0) is 11.4. The third kappa shape index (κ3) is 2.20. The van der Waals surface area contributed by atoms with Crippen molar-refractivity contribution in [3.8, 4) is 0 Å². The molecule has 16 heavy (non-hydrogen) atoms. The maximum absolute atomic E-state index is 11.0. The van der Waals surface area contributed by atoms with Crippen molar-refractivity contribution in [3.05, 3.63) is 30.1 Å². The van der Waals surface area contributed by atoms with Crippen LogP contribution in [0.3, 0.4) is 0 Å². The highest BCUT2D eigenvalue weighted by Crippen LogP contribution is 2.26. The molecule has 0 spiro atoms. The van der Waals surface area contributed by atoms with Gasteiger partial charge in [-0.3, -0.25) is 9.78 Å². The normalized spacial score (nSPS) is 17.8. The van der Waals surface area contributed by atoms with E-state index >= 15 is 0 Å². The molecule has 2 N–H and O–H groups in total. The number of aliphatic carboxylic acids is 1. The molecule has 2 heterocycles. The number of nitrogens with zero attached hydrogens (tertiary/aromatic N) is 1. The molecule has 0 unspecified atom stereocenters. The molecular weight excluding hydrogens is 208 g/mol. The lowest BCUT2D eigenvalue weighted by Crippen LogP contribution is -2.55. The second-order valence-corrected chi connectivity index (χ2v) is 4.04. The van der Waals surface area contributed by atoms with Crippen molar-refractivity contribution in [3.63, 3.8) is 0 Å². The molecule has 0 bridgehead atoms. The van der Waals surface area contributed by atoms with Crippen LogP contribution in [0.15, 0.2) is 24.5 Å². The van der Waals surface area contributed by atoms with Gasteiger partial charge in [0, 0.05) is 25.5 Å². The maximum atomic E-state index is 11.0. The van der Waals surface area contributed by atoms with E-state index in [1.165, 1.54) is 0 Å². The van der Waals surface area contributed by atoms with E-state index in [1.807, 2.05) is 12.1 Å². The zero-order valence-electron chi connectivity index (χ0n) is 8.85. The average Bonchev–Trinajstić information content (AvgIpc) is 2.23. The predicted octanol–water partition coefficient (Wildman–Crippen LogP) is 0.272. The van der Waals surface area contributed by atoms with E-state index in [0.717, 1.165) is 5.56 Å². The fraction of sp³-hybridized carbons (Fsp3) is 0.455. The van der Waals surface area contributed by atoms with Gasteiger partial charge in [0.2, 0.25) is 0 Å². The molecule has 2 rings (SSSR count). The Morgan fingerprint density at radius 2 is 2.44 bits per heavy atom. The number of carbonyl (C=O) groups is 1. The summed E-state index contributed by atoms with van der Waals surface area (Å²) in [5.74, 6) is -0.794. The van der Waals surface area contributed by atoms with E-state index in [4.69, 9.17) is 9.84 Å². The van der Waals surface area contributed by atoms with Crippen LogP contribution < -0.4 is 5.32 Å². The minimum atomic E-state index is -0.794. The molecule has 86 valence electrons. The number of nitrogens with one attached hydrogen (secondary N) is 1. The first-order valence-corrected chi connectivity index (χ1v) is 5.14. The van der Waals surface area contributed by atoms with Gasteiger partial charge in [-0.05, 0) is 11.6 Å². The lowest BCUT2D eigenvalue weighted by atomic mass is 9.86. The van der Waals surface area contributed by atoms with Gasteiger partial charge in [0.25, 0.3) is 0 Å². The highest BCUT2D eigenvalue weighted by molar-refractivity contribution is 5.76. The number of ether oxygens (including phenoxy) is 1. The van der Waals surface area contributed by atoms with Crippen LogP contribution in [0.5, 0.6) is 0 Å². The standard InChI is InChI=1S/C11H14N2O3/c14-10(15)11(7-16-8-11)6-13-5-9-2-1-3-12-4-9/h1-4,13H,5-8H2,(H,14,15). The first-order valence-electron chi connectivity index (χ1n) is 5.14. The first-order chi connectivity index (χ1) is 7.73. The van der Waals surface area contributed by atoms with Gasteiger partial charge in [0.1, 0.15) is 5.41 Å². The number of aromatic nitrogens is 1. The second kappa shape index (κ2) is 4.59. The molecule has 0 saturated carbocycles. The Bertz CT molecular complexity index is 363. The third-order valence-corrected chi connectivity index (χ3v) is 2.73. The molecule has 5 heteroatoms. The summed E-state index contributed by atoms with van der Waals surface area (Å²) in [7, 11) is 0. The lowest BCUT2D eigenvalue weighted by Gasteiger charge is -2.37. The molecule has 1 fully saturated rings. The third-order valence-electron chi connectivity index (χ3n) is 2.73. The Hall–Kier alpha value is -1.46. The summed E-state index contributed by atoms with van der Waals surface area (Å²) < 4.78 is 4.97. The Kier molecular flexibility index (Phi) is 3.17. The number of hydrogen-bond acceptors (Lipinski definition) is 4. The summed E-state index contributed by atoms with van der Waals surface area (Å²) >= 11 is 0. The van der Waals surface area contributed by atoms with Gasteiger partial charge in [-0.15, -0.1) is 0 Å². The summed E-state index contributed by atoms with van der Waals surface area (Å²) in [4.78, 5) is 15.0. The van der Waals surface area contributed by atoms with Crippen molar-refractivity contribution in [1.82, 2.24) is 10.3 Å². The van der Waals surface area contributed by atoms with Gasteiger partial charge in [-0.25, -0.2) is 0 Å². The highest BCUT2D eigenvalue weighted by Gasteiger charge is 2.45. The summed E-state index contributed by atoms with van der Waals surface area (Å²) in [5.41, 5.74) is 0.311. The number of pyridine rings is 1. The van der Waals surface area contributed by atoms with Crippen molar-refractivity contribution in [2.45, 2.75) is 6.54 Å². The molecule has 0 aromatic carbocycles. The van der Waals surface area contributed by atoms with Gasteiger partial charge < -0.3 is 15.2 Å². The van der Waals surface area contributed by atoms with E-state index < -0.39 is 11.4 Å². The molecule has 1 aromatic heterocycles. The number of hydrogen-bond donors (Lipinski definition) is 2. The van der Waals surface area contributed by atoms with Gasteiger partial charge in [-0.2, -0.15) is 0 Å². The number of carboxylic acid groups (broad SMARTS) is 1. The molecule has 0 amide bonds. The second-order valence-electron chi connectivity index (χ2n) is 4.04. The molecule has 0 atom stereocenters. The monoisotopic (exact) mass is 222 g/mol. The average molecular weight is 222 g/mol. The highest BCUT2D eigenvalue weighted by atomic mass is 16.5. The fourth-order valence-electron chi connectivity index (χ4n) is 1.60. The Balaban J connectivity index is 1.82. The largest absolute Gasteiger partial charge is 0.481 e. The van der Waals surface area contributed by atoms with Crippen LogP contribution in [0.4, 0.5) is 0 Å². The first kappa shape index (κ1) is 11.0. The SMILES string of the molecule is O=C(O)C1(CNCc2cccnc2)COC1. The molecule has 1 aliphatic rings. The minimum Gasteiger partial charge on any atom is -0.481 e. The molecule has 1 aromatic rings. The van der Waals surface area contributed by atoms with Crippen molar-refractivity contribution in [1.29, 1.82) is 0 Å². The fourth-order valence-corrected chi connectivity index (χ4v) is 1.60. The zero-order valence-corrected chi connectivity index (χ0v) is 8.85. The molecule has 1 saturated heterocycles. The number of carboxylic acids is 1. The van der Waals surface area contributed by atoms with Crippen molar-refractivity contribution in [2.75, 3.05) is 19.8 Å². The van der Waals surface area contributed by atoms with E-state index in [1.54, 1.807) is 12.4 Å². The Morgan fingerprint density at radius 3 is 2.94 bits per heavy atom. The summed E-state index contributed by atoms with van der Waals surface area (Å²) in [6.07, 6.45) is 3.47. The van der Waals surface area contributed by atoms with Crippen LogP contribution in [-0.2, 0) is 16.1 Å². The quantitative estimate of drug-likeness (QED) is 0.748. The van der Waals surface area contributed by atoms with Crippen LogP contribution in [0.1, 0.15) is 5.56 Å². The summed E-state index contributed by atoms with van der Waals surface area (Å²) in [6.45, 7) is 1.64. The molecule has 1 aliphatic heterocycles. The van der Waals surface area contributed by atoms with Gasteiger partial charge in [-0.1, -0.05) is 6.07 Å². The molecule has 0 aliphatic carbocycles. The lowest BCUT2D eigenvalue weighted by molar-refractivity contribution is -0.178. The van der Waals surface area contributed by atoms with Crippen LogP contribution in [0.25, 0.3) is 0 Å². The predicted molar refractivity (Wildman–Crippen MR) is 56.8 cm³/mol. The van der Waals surface area contributed by atoms with E-state index in [9.17, 15) is 4.79 Å². The van der Waals surface area contributed by atoms with E-state index in [2.05, 4.69) is 10.3 Å². The Morgan fingerprint density at radius 1 is 1.62 bits per heavy atom. The molecule has 0 radical (unpaired) electrons. The van der Waals surface area contributed by atoms with Crippen LogP contribution in [0, 0.1) is 5.41 Å². The smallest absolute Gasteiger partial charge is 0.315 e. The topological polar surface area (TPSA) is 71.5 Å². The van der Waals surface area contributed by atoms with Gasteiger partial charge in [0.05, 0.1) is 13.2 Å². The van der Waals surface area contributed by atoms with Crippen molar-refractivity contribution >= 4 is 5.97 Å². The van der Waals surface area contributed by atoms with E-state index in [0.29, 0.717) is 26.3 Å². The van der Waals surface area contributed by atoms with Crippen LogP contribution in [0.2, 0.25) is 0 Å². The summed E-state index contributed by atoms with van der Waals surface area (Å²) in [5, 5.41) is 12.2. The van der Waals surface area contributed by atoms with Gasteiger partial charge in [0.15, 0.2) is 0 Å². The van der Waals surface area contributed by atoms with Crippen LogP contribution >= 0.6 is 0 Å². The van der Waals surface area contributed by atoms with Crippen molar-refractivity contribution in [2.24, 2.45) is 5.41 Å². The number of rotatable bonds is 5. The summed E-state index contributed by atoms with van der Waals surface area (Å²) in [6, 6.07) is 3.81. The molecule has 5 nitrogen and oxygen atoms in total. The van der Waals surface area contributed by atoms with Gasteiger partial charge >= 0.3 is 5.97 Å². The van der Waals surface area contributed by atoms with Crippen molar-refractivity contribution < 1.29 is 14.6 Å². The molecular formula is C11H14N2O3. The Labute approximate surface area is 93.5 Å². The van der Waals surface area contributed by atoms with Crippen LogP contribution in [-0.4, -0.2) is 35.8 Å². The maximum Gasteiger partial charge on any atom is 0.315 e. The minimum absolute atomic E-state index is 0.294. The van der Waals surface area contributed by atoms with E-state index in [-0.39, 0.29) is 0 Å².